The van der Waals surface area contributed by atoms with Crippen molar-refractivity contribution in [3.63, 3.8) is 0 Å². The summed E-state index contributed by atoms with van der Waals surface area (Å²) in [5, 5.41) is 5.42. The summed E-state index contributed by atoms with van der Waals surface area (Å²) in [4.78, 5) is 2.43. The number of nitrogens with zero attached hydrogens (tertiary/aromatic N) is 3. The Labute approximate surface area is 176 Å². The zero-order valence-corrected chi connectivity index (χ0v) is 17.4. The largest absolute Gasteiger partial charge is 0.493 e. The summed E-state index contributed by atoms with van der Waals surface area (Å²) in [6.45, 7) is 4.05. The average Bonchev–Trinajstić information content (AvgIpc) is 3.11. The molecule has 2 heterocycles. The normalized spacial score (nSPS) is 17.4. The van der Waals surface area contributed by atoms with Gasteiger partial charge in [0.25, 0.3) is 0 Å². The third-order valence-electron chi connectivity index (χ3n) is 5.17. The first-order valence-electron chi connectivity index (χ1n) is 9.96. The molecule has 0 unspecified atom stereocenters. The van der Waals surface area contributed by atoms with Crippen molar-refractivity contribution in [1.82, 2.24) is 14.7 Å². The van der Waals surface area contributed by atoms with Gasteiger partial charge in [-0.15, -0.1) is 0 Å². The van der Waals surface area contributed by atoms with Crippen LogP contribution in [0, 0.1) is 0 Å². The molecule has 0 amide bonds. The predicted octanol–water partition coefficient (Wildman–Crippen LogP) is 4.27. The van der Waals surface area contributed by atoms with Crippen LogP contribution in [0.5, 0.6) is 5.75 Å². The minimum Gasteiger partial charge on any atom is -0.493 e. The van der Waals surface area contributed by atoms with Crippen molar-refractivity contribution in [1.29, 1.82) is 0 Å². The Morgan fingerprint density at radius 1 is 1.14 bits per heavy atom. The Kier molecular flexibility index (Phi) is 6.49. The molecule has 1 aliphatic heterocycles. The molecule has 0 aliphatic carbocycles. The van der Waals surface area contributed by atoms with E-state index in [-0.39, 0.29) is 6.10 Å². The second-order valence-corrected chi connectivity index (χ2v) is 7.75. The van der Waals surface area contributed by atoms with Gasteiger partial charge in [0.05, 0.1) is 18.9 Å². The monoisotopic (exact) mass is 411 g/mol. The first-order chi connectivity index (χ1) is 14.2. The molecule has 3 aromatic rings. The number of morpholine rings is 1. The maximum absolute atomic E-state index is 6.02. The van der Waals surface area contributed by atoms with Crippen molar-refractivity contribution >= 4 is 11.6 Å². The molecule has 0 saturated carbocycles. The summed E-state index contributed by atoms with van der Waals surface area (Å²) >= 11 is 5.91. The third kappa shape index (κ3) is 5.38. The smallest absolute Gasteiger partial charge is 0.119 e. The van der Waals surface area contributed by atoms with Crippen LogP contribution in [0.2, 0.25) is 5.02 Å². The van der Waals surface area contributed by atoms with Crippen molar-refractivity contribution in [3.8, 4) is 5.75 Å². The average molecular weight is 412 g/mol. The second kappa shape index (κ2) is 9.44. The van der Waals surface area contributed by atoms with Crippen molar-refractivity contribution < 1.29 is 9.47 Å². The summed E-state index contributed by atoms with van der Waals surface area (Å²) in [5.74, 6) is 0.823. The molecule has 0 bridgehead atoms. The standard InChI is InChI=1S/C23H26ClN3O2/c1-26-20(11-13-28-21-9-7-19(24)8-10-21)15-22(25-26)23-17-27(12-14-29-23)16-18-5-3-2-4-6-18/h2-10,15,23H,11-14,16-17H2,1H3/t23-/m1/s1. The number of ether oxygens (including phenoxy) is 2. The molecule has 4 rings (SSSR count). The lowest BCUT2D eigenvalue weighted by atomic mass is 10.1. The van der Waals surface area contributed by atoms with Gasteiger partial charge in [-0.3, -0.25) is 9.58 Å². The van der Waals surface area contributed by atoms with Crippen LogP contribution in [0.3, 0.4) is 0 Å². The van der Waals surface area contributed by atoms with Crippen LogP contribution in [-0.2, 0) is 24.8 Å². The number of hydrogen-bond donors (Lipinski definition) is 0. The van der Waals surface area contributed by atoms with Gasteiger partial charge in [-0.2, -0.15) is 5.10 Å². The molecule has 2 aromatic carbocycles. The molecule has 1 atom stereocenters. The van der Waals surface area contributed by atoms with E-state index in [4.69, 9.17) is 26.2 Å². The summed E-state index contributed by atoms with van der Waals surface area (Å²) in [6.07, 6.45) is 0.789. The molecule has 1 saturated heterocycles. The minimum atomic E-state index is 0.00426. The van der Waals surface area contributed by atoms with Crippen molar-refractivity contribution in [2.45, 2.75) is 19.1 Å². The SMILES string of the molecule is Cn1nc([C@H]2CN(Cc3ccccc3)CCO2)cc1CCOc1ccc(Cl)cc1. The fourth-order valence-corrected chi connectivity index (χ4v) is 3.72. The molecule has 1 aromatic heterocycles. The molecular formula is C23H26ClN3O2. The molecule has 0 N–H and O–H groups in total. The van der Waals surface area contributed by atoms with E-state index in [9.17, 15) is 0 Å². The highest BCUT2D eigenvalue weighted by Crippen LogP contribution is 2.23. The predicted molar refractivity (Wildman–Crippen MR) is 114 cm³/mol. The summed E-state index contributed by atoms with van der Waals surface area (Å²) < 4.78 is 13.8. The topological polar surface area (TPSA) is 39.5 Å². The number of rotatable bonds is 7. The van der Waals surface area contributed by atoms with Crippen LogP contribution in [0.1, 0.15) is 23.1 Å². The van der Waals surface area contributed by atoms with Crippen LogP contribution in [0.15, 0.2) is 60.7 Å². The fourth-order valence-electron chi connectivity index (χ4n) is 3.59. The van der Waals surface area contributed by atoms with Crippen molar-refractivity contribution in [2.75, 3.05) is 26.3 Å². The highest BCUT2D eigenvalue weighted by molar-refractivity contribution is 6.30. The summed E-state index contributed by atoms with van der Waals surface area (Å²) in [7, 11) is 1.98. The fraction of sp³-hybridized carbons (Fsp3) is 0.348. The molecule has 152 valence electrons. The van der Waals surface area contributed by atoms with Crippen LogP contribution in [0.4, 0.5) is 0 Å². The molecule has 1 fully saturated rings. The van der Waals surface area contributed by atoms with Crippen LogP contribution in [-0.4, -0.2) is 41.0 Å². The van der Waals surface area contributed by atoms with E-state index in [1.165, 1.54) is 5.56 Å². The van der Waals surface area contributed by atoms with Crippen LogP contribution in [0.25, 0.3) is 0 Å². The van der Waals surface area contributed by atoms with E-state index >= 15 is 0 Å². The van der Waals surface area contributed by atoms with Crippen LogP contribution < -0.4 is 4.74 Å². The quantitative estimate of drug-likeness (QED) is 0.582. The maximum Gasteiger partial charge on any atom is 0.119 e. The van der Waals surface area contributed by atoms with Gasteiger partial charge in [-0.25, -0.2) is 0 Å². The molecule has 5 nitrogen and oxygen atoms in total. The number of halogens is 1. The van der Waals surface area contributed by atoms with Gasteiger partial charge in [0.1, 0.15) is 11.9 Å². The molecule has 6 heteroatoms. The van der Waals surface area contributed by atoms with Crippen molar-refractivity contribution in [2.24, 2.45) is 7.05 Å². The van der Waals surface area contributed by atoms with E-state index in [0.717, 1.165) is 49.8 Å². The lowest BCUT2D eigenvalue weighted by Gasteiger charge is -2.32. The highest BCUT2D eigenvalue weighted by atomic mass is 35.5. The van der Waals surface area contributed by atoms with Gasteiger partial charge in [0, 0.05) is 43.8 Å². The second-order valence-electron chi connectivity index (χ2n) is 7.32. The van der Waals surface area contributed by atoms with Gasteiger partial charge < -0.3 is 9.47 Å². The lowest BCUT2D eigenvalue weighted by molar-refractivity contribution is -0.0352. The number of aryl methyl sites for hydroxylation is 1. The zero-order chi connectivity index (χ0) is 20.1. The van der Waals surface area contributed by atoms with E-state index in [1.807, 2.05) is 36.0 Å². The number of hydrogen-bond acceptors (Lipinski definition) is 4. The summed E-state index contributed by atoms with van der Waals surface area (Å²) in [6, 6.07) is 20.1. The maximum atomic E-state index is 6.02. The van der Waals surface area contributed by atoms with E-state index in [0.29, 0.717) is 11.6 Å². The Morgan fingerprint density at radius 2 is 1.93 bits per heavy atom. The Bertz CT molecular complexity index is 912. The van der Waals surface area contributed by atoms with Gasteiger partial charge in [-0.1, -0.05) is 41.9 Å². The third-order valence-corrected chi connectivity index (χ3v) is 5.42. The first-order valence-corrected chi connectivity index (χ1v) is 10.3. The number of aromatic nitrogens is 2. The number of benzene rings is 2. The van der Waals surface area contributed by atoms with Gasteiger partial charge in [0.15, 0.2) is 0 Å². The van der Waals surface area contributed by atoms with E-state index in [2.05, 4.69) is 41.3 Å². The molecule has 0 radical (unpaired) electrons. The molecule has 29 heavy (non-hydrogen) atoms. The summed E-state index contributed by atoms with van der Waals surface area (Å²) in [5.41, 5.74) is 3.46. The minimum absolute atomic E-state index is 0.00426. The van der Waals surface area contributed by atoms with E-state index in [1.54, 1.807) is 0 Å². The Morgan fingerprint density at radius 3 is 2.72 bits per heavy atom. The Hall–Kier alpha value is -2.34. The molecule has 1 aliphatic rings. The first kappa shape index (κ1) is 20.0. The van der Waals surface area contributed by atoms with Gasteiger partial charge in [-0.05, 0) is 35.9 Å². The molecule has 0 spiro atoms. The molecular weight excluding hydrogens is 386 g/mol. The van der Waals surface area contributed by atoms with E-state index < -0.39 is 0 Å². The Balaban J connectivity index is 1.33. The van der Waals surface area contributed by atoms with Crippen LogP contribution >= 0.6 is 11.6 Å². The van der Waals surface area contributed by atoms with Gasteiger partial charge in [0.2, 0.25) is 0 Å². The lowest BCUT2D eigenvalue weighted by Crippen LogP contribution is -2.38. The van der Waals surface area contributed by atoms with Gasteiger partial charge >= 0.3 is 0 Å². The van der Waals surface area contributed by atoms with Crippen molar-refractivity contribution in [3.05, 3.63) is 82.6 Å². The highest BCUT2D eigenvalue weighted by Gasteiger charge is 2.24. The zero-order valence-electron chi connectivity index (χ0n) is 16.6.